The first-order valence-electron chi connectivity index (χ1n) is 5.25. The van der Waals surface area contributed by atoms with Gasteiger partial charge in [-0.15, -0.1) is 0 Å². The molecule has 1 aromatic heterocycles. The Balaban J connectivity index is 2.36. The number of nitrogens with zero attached hydrogens (tertiary/aromatic N) is 3. The molecule has 0 radical (unpaired) electrons. The molecule has 0 atom stereocenters. The molecule has 0 aliphatic heterocycles. The summed E-state index contributed by atoms with van der Waals surface area (Å²) in [7, 11) is 0. The lowest BCUT2D eigenvalue weighted by molar-refractivity contribution is -0.0502. The van der Waals surface area contributed by atoms with E-state index in [1.807, 2.05) is 0 Å². The van der Waals surface area contributed by atoms with Crippen molar-refractivity contribution in [3.8, 4) is 11.8 Å². The summed E-state index contributed by atoms with van der Waals surface area (Å²) < 4.78 is 43.7. The highest BCUT2D eigenvalue weighted by Gasteiger charge is 2.15. The van der Waals surface area contributed by atoms with E-state index in [4.69, 9.17) is 5.26 Å². The van der Waals surface area contributed by atoms with Crippen molar-refractivity contribution < 1.29 is 17.9 Å². The second-order valence-corrected chi connectivity index (χ2v) is 3.64. The maximum atomic E-state index is 13.6. The fraction of sp³-hybridized carbons (Fsp3) is 0.167. The quantitative estimate of drug-likeness (QED) is 0.855. The first-order chi connectivity index (χ1) is 9.10. The number of alkyl halides is 2. The zero-order chi connectivity index (χ0) is 13.8. The number of ether oxygens (including phenoxy) is 1. The summed E-state index contributed by atoms with van der Waals surface area (Å²) in [5.74, 6) is -1.37. The van der Waals surface area contributed by atoms with Gasteiger partial charge in [-0.25, -0.2) is 4.39 Å². The van der Waals surface area contributed by atoms with Gasteiger partial charge in [0, 0.05) is 12.4 Å². The van der Waals surface area contributed by atoms with E-state index in [1.165, 1.54) is 23.0 Å². The topological polar surface area (TPSA) is 50.8 Å². The second kappa shape index (κ2) is 5.44. The van der Waals surface area contributed by atoms with E-state index in [0.29, 0.717) is 5.56 Å². The molecule has 2 rings (SSSR count). The molecule has 0 amide bonds. The molecule has 7 heteroatoms. The average Bonchev–Trinajstić information content (AvgIpc) is 2.80. The van der Waals surface area contributed by atoms with E-state index in [2.05, 4.69) is 9.84 Å². The van der Waals surface area contributed by atoms with E-state index in [0.717, 1.165) is 6.07 Å². The summed E-state index contributed by atoms with van der Waals surface area (Å²) in [5.41, 5.74) is -0.166. The van der Waals surface area contributed by atoms with Crippen molar-refractivity contribution in [1.82, 2.24) is 9.78 Å². The maximum absolute atomic E-state index is 13.6. The zero-order valence-electron chi connectivity index (χ0n) is 9.55. The number of hydrogen-bond acceptors (Lipinski definition) is 3. The Morgan fingerprint density at radius 1 is 1.42 bits per heavy atom. The molecule has 1 heterocycles. The average molecular weight is 267 g/mol. The predicted octanol–water partition coefficient (Wildman–Crippen LogP) is 2.54. The van der Waals surface area contributed by atoms with Crippen LogP contribution in [-0.2, 0) is 6.54 Å². The van der Waals surface area contributed by atoms with Gasteiger partial charge in [0.05, 0.1) is 6.54 Å². The van der Waals surface area contributed by atoms with Crippen LogP contribution in [0.1, 0.15) is 11.1 Å². The predicted molar refractivity (Wildman–Crippen MR) is 59.1 cm³/mol. The van der Waals surface area contributed by atoms with Gasteiger partial charge in [0.2, 0.25) is 0 Å². The van der Waals surface area contributed by atoms with Crippen molar-refractivity contribution in [3.63, 3.8) is 0 Å². The largest absolute Gasteiger partial charge is 0.433 e. The minimum atomic E-state index is -3.12. The van der Waals surface area contributed by atoms with E-state index in [9.17, 15) is 13.2 Å². The molecular formula is C12H8F3N3O. The highest BCUT2D eigenvalue weighted by Crippen LogP contribution is 2.25. The van der Waals surface area contributed by atoms with Crippen LogP contribution >= 0.6 is 0 Å². The van der Waals surface area contributed by atoms with E-state index < -0.39 is 23.7 Å². The van der Waals surface area contributed by atoms with Gasteiger partial charge in [-0.1, -0.05) is 0 Å². The minimum absolute atomic E-state index is 0.190. The molecule has 19 heavy (non-hydrogen) atoms. The number of hydrogen-bond donors (Lipinski definition) is 0. The molecule has 0 saturated carbocycles. The van der Waals surface area contributed by atoms with Crippen LogP contribution < -0.4 is 4.74 Å². The second-order valence-electron chi connectivity index (χ2n) is 3.64. The Labute approximate surface area is 106 Å². The fourth-order valence-electron chi connectivity index (χ4n) is 1.60. The normalized spacial score (nSPS) is 10.5. The third kappa shape index (κ3) is 3.04. The van der Waals surface area contributed by atoms with Crippen LogP contribution in [0.15, 0.2) is 30.6 Å². The number of benzene rings is 1. The summed E-state index contributed by atoms with van der Waals surface area (Å²) in [6.45, 7) is -2.93. The number of halogens is 3. The van der Waals surface area contributed by atoms with Crippen molar-refractivity contribution >= 4 is 0 Å². The van der Waals surface area contributed by atoms with Crippen LogP contribution in [0.25, 0.3) is 0 Å². The number of nitriles is 1. The Kier molecular flexibility index (Phi) is 3.71. The Morgan fingerprint density at radius 2 is 2.21 bits per heavy atom. The lowest BCUT2D eigenvalue weighted by Gasteiger charge is -2.10. The smallest absolute Gasteiger partial charge is 0.387 e. The molecule has 0 fully saturated rings. The molecule has 0 saturated heterocycles. The summed E-state index contributed by atoms with van der Waals surface area (Å²) in [6, 6.07) is 5.48. The van der Waals surface area contributed by atoms with E-state index in [1.54, 1.807) is 12.3 Å². The van der Waals surface area contributed by atoms with Gasteiger partial charge in [-0.05, 0) is 23.8 Å². The first kappa shape index (κ1) is 13.0. The Hall–Kier alpha value is -2.49. The maximum Gasteiger partial charge on any atom is 0.387 e. The molecule has 0 aliphatic carbocycles. The summed E-state index contributed by atoms with van der Waals surface area (Å²) in [5, 5.41) is 12.6. The van der Waals surface area contributed by atoms with Crippen LogP contribution in [-0.4, -0.2) is 16.4 Å². The lowest BCUT2D eigenvalue weighted by atomic mass is 10.1. The summed E-state index contributed by atoms with van der Waals surface area (Å²) in [4.78, 5) is 0. The first-order valence-corrected chi connectivity index (χ1v) is 5.25. The zero-order valence-corrected chi connectivity index (χ0v) is 9.55. The molecule has 0 bridgehead atoms. The third-order valence-corrected chi connectivity index (χ3v) is 2.35. The van der Waals surface area contributed by atoms with Gasteiger partial charge in [0.1, 0.15) is 23.2 Å². The summed E-state index contributed by atoms with van der Waals surface area (Å²) in [6.07, 6.45) is 3.18. The fourth-order valence-corrected chi connectivity index (χ4v) is 1.60. The van der Waals surface area contributed by atoms with Crippen LogP contribution in [0.2, 0.25) is 0 Å². The van der Waals surface area contributed by atoms with Crippen LogP contribution in [0, 0.1) is 17.1 Å². The standard InChI is InChI=1S/C12H8F3N3O/c13-10-4-8(7-18-3-1-2-17-18)5-11(9(10)6-16)19-12(14)15/h1-5,12H,7H2. The molecule has 2 aromatic rings. The van der Waals surface area contributed by atoms with Crippen molar-refractivity contribution in [2.24, 2.45) is 0 Å². The van der Waals surface area contributed by atoms with Gasteiger partial charge >= 0.3 is 6.61 Å². The van der Waals surface area contributed by atoms with Gasteiger partial charge < -0.3 is 4.74 Å². The van der Waals surface area contributed by atoms with Crippen LogP contribution in [0.3, 0.4) is 0 Å². The van der Waals surface area contributed by atoms with Crippen LogP contribution in [0.5, 0.6) is 5.75 Å². The highest BCUT2D eigenvalue weighted by molar-refractivity contribution is 5.46. The number of rotatable bonds is 4. The monoisotopic (exact) mass is 267 g/mol. The van der Waals surface area contributed by atoms with Gasteiger partial charge in [0.25, 0.3) is 0 Å². The molecule has 4 nitrogen and oxygen atoms in total. The Morgan fingerprint density at radius 3 is 2.79 bits per heavy atom. The van der Waals surface area contributed by atoms with Crippen molar-refractivity contribution in [3.05, 3.63) is 47.5 Å². The van der Waals surface area contributed by atoms with Gasteiger partial charge in [0.15, 0.2) is 0 Å². The molecule has 0 aliphatic rings. The molecule has 98 valence electrons. The third-order valence-electron chi connectivity index (χ3n) is 2.35. The van der Waals surface area contributed by atoms with Crippen LogP contribution in [0.4, 0.5) is 13.2 Å². The molecular weight excluding hydrogens is 259 g/mol. The van der Waals surface area contributed by atoms with Gasteiger partial charge in [-0.3, -0.25) is 4.68 Å². The van der Waals surface area contributed by atoms with Crippen molar-refractivity contribution in [1.29, 1.82) is 5.26 Å². The van der Waals surface area contributed by atoms with E-state index in [-0.39, 0.29) is 6.54 Å². The lowest BCUT2D eigenvalue weighted by Crippen LogP contribution is -2.07. The van der Waals surface area contributed by atoms with Crippen molar-refractivity contribution in [2.45, 2.75) is 13.2 Å². The Bertz CT molecular complexity index is 605. The SMILES string of the molecule is N#Cc1c(F)cc(Cn2cccn2)cc1OC(F)F. The highest BCUT2D eigenvalue weighted by atomic mass is 19.3. The molecule has 1 aromatic carbocycles. The molecule has 0 spiro atoms. The van der Waals surface area contributed by atoms with E-state index >= 15 is 0 Å². The molecule has 0 N–H and O–H groups in total. The van der Waals surface area contributed by atoms with Crippen molar-refractivity contribution in [2.75, 3.05) is 0 Å². The number of aromatic nitrogens is 2. The van der Waals surface area contributed by atoms with Gasteiger partial charge in [-0.2, -0.15) is 19.1 Å². The minimum Gasteiger partial charge on any atom is -0.433 e. The molecule has 0 unspecified atom stereocenters. The summed E-state index contributed by atoms with van der Waals surface area (Å²) >= 11 is 0.